The summed E-state index contributed by atoms with van der Waals surface area (Å²) < 4.78 is 1.37. The van der Waals surface area contributed by atoms with Crippen molar-refractivity contribution in [2.24, 2.45) is 0 Å². The summed E-state index contributed by atoms with van der Waals surface area (Å²) in [6, 6.07) is 7.22. The van der Waals surface area contributed by atoms with E-state index in [1.807, 2.05) is 19.1 Å². The molecule has 0 atom stereocenters. The lowest BCUT2D eigenvalue weighted by Crippen LogP contribution is -2.22. The minimum absolute atomic E-state index is 0.0903. The van der Waals surface area contributed by atoms with Crippen LogP contribution in [0.25, 0.3) is 10.8 Å². The van der Waals surface area contributed by atoms with E-state index >= 15 is 0 Å². The predicted molar refractivity (Wildman–Crippen MR) is 56.7 cm³/mol. The summed E-state index contributed by atoms with van der Waals surface area (Å²) in [6.07, 6.45) is 0. The van der Waals surface area contributed by atoms with Crippen LogP contribution >= 0.6 is 11.6 Å². The van der Waals surface area contributed by atoms with Crippen LogP contribution in [0.2, 0.25) is 5.15 Å². The Morgan fingerprint density at radius 2 is 2.00 bits per heavy atom. The van der Waals surface area contributed by atoms with Gasteiger partial charge in [-0.25, -0.2) is 4.68 Å². The van der Waals surface area contributed by atoms with E-state index in [1.165, 1.54) is 4.68 Å². The highest BCUT2D eigenvalue weighted by molar-refractivity contribution is 6.34. The molecule has 0 aliphatic carbocycles. The van der Waals surface area contributed by atoms with E-state index in [0.717, 1.165) is 0 Å². The first-order chi connectivity index (χ1) is 6.74. The number of aromatic nitrogens is 2. The topological polar surface area (TPSA) is 34.9 Å². The van der Waals surface area contributed by atoms with Gasteiger partial charge in [-0.05, 0) is 13.0 Å². The van der Waals surface area contributed by atoms with Crippen LogP contribution < -0.4 is 5.56 Å². The van der Waals surface area contributed by atoms with Crippen molar-refractivity contribution >= 4 is 22.4 Å². The fourth-order valence-electron chi connectivity index (χ4n) is 1.41. The summed E-state index contributed by atoms with van der Waals surface area (Å²) in [6.45, 7) is 2.39. The summed E-state index contributed by atoms with van der Waals surface area (Å²) in [7, 11) is 0. The molecule has 0 radical (unpaired) electrons. The van der Waals surface area contributed by atoms with Crippen molar-refractivity contribution in [2.45, 2.75) is 13.5 Å². The molecule has 1 aromatic heterocycles. The zero-order valence-corrected chi connectivity index (χ0v) is 8.45. The Bertz CT molecular complexity index is 533. The fourth-order valence-corrected chi connectivity index (χ4v) is 1.66. The van der Waals surface area contributed by atoms with Gasteiger partial charge >= 0.3 is 0 Å². The predicted octanol–water partition coefficient (Wildman–Crippen LogP) is 2.07. The maximum atomic E-state index is 11.8. The van der Waals surface area contributed by atoms with Crippen molar-refractivity contribution in [1.82, 2.24) is 9.78 Å². The fraction of sp³-hybridized carbons (Fsp3) is 0.200. The van der Waals surface area contributed by atoms with Crippen molar-refractivity contribution in [1.29, 1.82) is 0 Å². The number of benzene rings is 1. The Kier molecular flexibility index (Phi) is 2.25. The molecule has 0 aliphatic heterocycles. The Labute approximate surface area is 85.9 Å². The molecule has 72 valence electrons. The Morgan fingerprint density at radius 1 is 1.36 bits per heavy atom. The van der Waals surface area contributed by atoms with E-state index in [1.54, 1.807) is 12.1 Å². The van der Waals surface area contributed by atoms with Gasteiger partial charge in [0.15, 0.2) is 5.15 Å². The van der Waals surface area contributed by atoms with Crippen LogP contribution in [0.3, 0.4) is 0 Å². The first kappa shape index (κ1) is 9.21. The van der Waals surface area contributed by atoms with Gasteiger partial charge in [-0.15, -0.1) is 0 Å². The van der Waals surface area contributed by atoms with Gasteiger partial charge in [-0.2, -0.15) is 5.10 Å². The molecular formula is C10H9ClN2O. The molecule has 2 aromatic rings. The SMILES string of the molecule is CCn1nc(Cl)c2ccccc2c1=O. The lowest BCUT2D eigenvalue weighted by atomic mass is 10.2. The molecule has 0 amide bonds. The first-order valence-corrected chi connectivity index (χ1v) is 4.77. The van der Waals surface area contributed by atoms with E-state index in [9.17, 15) is 4.79 Å². The van der Waals surface area contributed by atoms with Crippen LogP contribution in [-0.4, -0.2) is 9.78 Å². The number of halogens is 1. The van der Waals surface area contributed by atoms with Gasteiger partial charge in [0.2, 0.25) is 0 Å². The van der Waals surface area contributed by atoms with Crippen LogP contribution in [0.4, 0.5) is 0 Å². The van der Waals surface area contributed by atoms with E-state index in [0.29, 0.717) is 22.5 Å². The van der Waals surface area contributed by atoms with Crippen molar-refractivity contribution in [3.05, 3.63) is 39.8 Å². The molecule has 0 unspecified atom stereocenters. The zero-order valence-electron chi connectivity index (χ0n) is 7.70. The minimum Gasteiger partial charge on any atom is -0.267 e. The third kappa shape index (κ3) is 1.30. The number of nitrogens with zero attached hydrogens (tertiary/aromatic N) is 2. The molecule has 0 saturated carbocycles. The lowest BCUT2D eigenvalue weighted by Gasteiger charge is -2.04. The molecule has 0 N–H and O–H groups in total. The number of hydrogen-bond acceptors (Lipinski definition) is 2. The second-order valence-electron chi connectivity index (χ2n) is 2.96. The van der Waals surface area contributed by atoms with Crippen LogP contribution in [-0.2, 0) is 6.54 Å². The van der Waals surface area contributed by atoms with Crippen molar-refractivity contribution < 1.29 is 0 Å². The zero-order chi connectivity index (χ0) is 10.1. The first-order valence-electron chi connectivity index (χ1n) is 4.39. The van der Waals surface area contributed by atoms with E-state index in [4.69, 9.17) is 11.6 Å². The highest BCUT2D eigenvalue weighted by Gasteiger charge is 2.06. The molecule has 0 bridgehead atoms. The molecule has 14 heavy (non-hydrogen) atoms. The van der Waals surface area contributed by atoms with Crippen molar-refractivity contribution in [2.75, 3.05) is 0 Å². The highest BCUT2D eigenvalue weighted by Crippen LogP contribution is 2.16. The van der Waals surface area contributed by atoms with Gasteiger partial charge in [0.25, 0.3) is 5.56 Å². The summed E-state index contributed by atoms with van der Waals surface area (Å²) in [5, 5.41) is 5.70. The van der Waals surface area contributed by atoms with Gasteiger partial charge < -0.3 is 0 Å². The summed E-state index contributed by atoms with van der Waals surface area (Å²) >= 11 is 5.94. The van der Waals surface area contributed by atoms with Gasteiger partial charge in [0.1, 0.15) is 0 Å². The van der Waals surface area contributed by atoms with Crippen LogP contribution in [0.5, 0.6) is 0 Å². The number of hydrogen-bond donors (Lipinski definition) is 0. The number of aryl methyl sites for hydroxylation is 1. The van der Waals surface area contributed by atoms with Gasteiger partial charge in [-0.3, -0.25) is 4.79 Å². The van der Waals surface area contributed by atoms with E-state index in [2.05, 4.69) is 5.10 Å². The van der Waals surface area contributed by atoms with Gasteiger partial charge in [0.05, 0.1) is 5.39 Å². The molecule has 4 heteroatoms. The molecule has 0 saturated heterocycles. The largest absolute Gasteiger partial charge is 0.274 e. The Balaban J connectivity index is 2.95. The molecule has 1 heterocycles. The van der Waals surface area contributed by atoms with Crippen LogP contribution in [0, 0.1) is 0 Å². The summed E-state index contributed by atoms with van der Waals surface area (Å²) in [4.78, 5) is 11.8. The average Bonchev–Trinajstić information content (AvgIpc) is 2.23. The number of rotatable bonds is 1. The average molecular weight is 209 g/mol. The van der Waals surface area contributed by atoms with Gasteiger partial charge in [0, 0.05) is 11.9 Å². The third-order valence-corrected chi connectivity index (χ3v) is 2.40. The number of fused-ring (bicyclic) bond motifs is 1. The van der Waals surface area contributed by atoms with Gasteiger partial charge in [-0.1, -0.05) is 29.8 Å². The van der Waals surface area contributed by atoms with E-state index < -0.39 is 0 Å². The normalized spacial score (nSPS) is 10.7. The van der Waals surface area contributed by atoms with Crippen LogP contribution in [0.1, 0.15) is 6.92 Å². The molecule has 2 rings (SSSR count). The monoisotopic (exact) mass is 208 g/mol. The second-order valence-corrected chi connectivity index (χ2v) is 3.32. The Morgan fingerprint density at radius 3 is 2.64 bits per heavy atom. The second kappa shape index (κ2) is 3.42. The molecule has 0 aliphatic rings. The van der Waals surface area contributed by atoms with E-state index in [-0.39, 0.29) is 5.56 Å². The van der Waals surface area contributed by atoms with Crippen LogP contribution in [0.15, 0.2) is 29.1 Å². The maximum absolute atomic E-state index is 11.8. The quantitative estimate of drug-likeness (QED) is 0.719. The molecular weight excluding hydrogens is 200 g/mol. The van der Waals surface area contributed by atoms with Crippen molar-refractivity contribution in [3.8, 4) is 0 Å². The minimum atomic E-state index is -0.0903. The summed E-state index contributed by atoms with van der Waals surface area (Å²) in [5.74, 6) is 0. The smallest absolute Gasteiger partial charge is 0.267 e. The maximum Gasteiger partial charge on any atom is 0.274 e. The molecule has 1 aromatic carbocycles. The Hall–Kier alpha value is -1.35. The summed E-state index contributed by atoms with van der Waals surface area (Å²) in [5.41, 5.74) is -0.0903. The molecule has 3 nitrogen and oxygen atoms in total. The van der Waals surface area contributed by atoms with Crippen molar-refractivity contribution in [3.63, 3.8) is 0 Å². The molecule has 0 spiro atoms. The third-order valence-electron chi connectivity index (χ3n) is 2.12. The standard InChI is InChI=1S/C10H9ClN2O/c1-2-13-10(14)8-6-4-3-5-7(8)9(11)12-13/h3-6H,2H2,1H3. The highest BCUT2D eigenvalue weighted by atomic mass is 35.5. The lowest BCUT2D eigenvalue weighted by molar-refractivity contribution is 0.623. The molecule has 0 fully saturated rings.